The van der Waals surface area contributed by atoms with Gasteiger partial charge in [0.1, 0.15) is 0 Å². The Kier molecular flexibility index (Phi) is 4.60. The van der Waals surface area contributed by atoms with E-state index in [0.29, 0.717) is 12.1 Å². The molecular weight excluding hydrogens is 259 g/mol. The molecule has 0 atom stereocenters. The van der Waals surface area contributed by atoms with Crippen LogP contribution in [0.3, 0.4) is 0 Å². The molecule has 4 nitrogen and oxygen atoms in total. The van der Waals surface area contributed by atoms with Gasteiger partial charge in [-0.25, -0.2) is 4.39 Å². The minimum Gasteiger partial charge on any atom is -0.494 e. The monoisotopic (exact) mass is 280 g/mol. The first-order valence-corrected chi connectivity index (χ1v) is 6.92. The van der Waals surface area contributed by atoms with Crippen molar-refractivity contribution in [3.63, 3.8) is 0 Å². The lowest BCUT2D eigenvalue weighted by atomic mass is 9.97. The molecule has 2 rings (SSSR count). The van der Waals surface area contributed by atoms with Gasteiger partial charge in [-0.15, -0.1) is 0 Å². The van der Waals surface area contributed by atoms with Crippen molar-refractivity contribution in [2.24, 2.45) is 5.73 Å². The summed E-state index contributed by atoms with van der Waals surface area (Å²) in [6.45, 7) is 0.454. The molecule has 1 saturated carbocycles. The molecule has 1 aliphatic carbocycles. The fourth-order valence-corrected chi connectivity index (χ4v) is 2.78. The van der Waals surface area contributed by atoms with Crippen LogP contribution in [-0.2, 0) is 11.2 Å². The number of amides is 1. The molecule has 0 unspecified atom stereocenters. The van der Waals surface area contributed by atoms with Gasteiger partial charge in [-0.1, -0.05) is 18.9 Å². The van der Waals surface area contributed by atoms with Crippen LogP contribution in [0.5, 0.6) is 5.75 Å². The lowest BCUT2D eigenvalue weighted by Gasteiger charge is -2.28. The Morgan fingerprint density at radius 3 is 2.70 bits per heavy atom. The van der Waals surface area contributed by atoms with Gasteiger partial charge in [0.15, 0.2) is 11.6 Å². The highest BCUT2D eigenvalue weighted by atomic mass is 19.1. The zero-order valence-corrected chi connectivity index (χ0v) is 11.7. The first kappa shape index (κ1) is 14.8. The van der Waals surface area contributed by atoms with Gasteiger partial charge in [0.2, 0.25) is 5.91 Å². The third-order valence-corrected chi connectivity index (χ3v) is 3.94. The van der Waals surface area contributed by atoms with Crippen LogP contribution in [0.15, 0.2) is 18.2 Å². The van der Waals surface area contributed by atoms with E-state index in [4.69, 9.17) is 10.5 Å². The molecule has 0 saturated heterocycles. The average molecular weight is 280 g/mol. The summed E-state index contributed by atoms with van der Waals surface area (Å²) in [6, 6.07) is 4.57. The van der Waals surface area contributed by atoms with E-state index in [9.17, 15) is 9.18 Å². The highest BCUT2D eigenvalue weighted by molar-refractivity contribution is 5.79. The quantitative estimate of drug-likeness (QED) is 0.864. The van der Waals surface area contributed by atoms with Gasteiger partial charge in [-0.3, -0.25) is 4.79 Å². The highest BCUT2D eigenvalue weighted by Crippen LogP contribution is 2.28. The van der Waals surface area contributed by atoms with Crippen LogP contribution in [0.25, 0.3) is 0 Å². The lowest BCUT2D eigenvalue weighted by Crippen LogP contribution is -2.52. The molecule has 1 amide bonds. The number of carbonyl (C=O) groups is 1. The first-order chi connectivity index (χ1) is 9.58. The number of rotatable bonds is 5. The smallest absolute Gasteiger partial charge is 0.224 e. The van der Waals surface area contributed by atoms with Crippen molar-refractivity contribution in [1.82, 2.24) is 5.32 Å². The van der Waals surface area contributed by atoms with Crippen molar-refractivity contribution in [1.29, 1.82) is 0 Å². The van der Waals surface area contributed by atoms with E-state index in [0.717, 1.165) is 25.7 Å². The Morgan fingerprint density at radius 1 is 1.45 bits per heavy atom. The van der Waals surface area contributed by atoms with E-state index in [1.165, 1.54) is 19.2 Å². The number of carbonyl (C=O) groups excluding carboxylic acids is 1. The molecule has 0 heterocycles. The zero-order chi connectivity index (χ0) is 14.6. The van der Waals surface area contributed by atoms with Crippen molar-refractivity contribution in [2.75, 3.05) is 13.7 Å². The number of hydrogen-bond donors (Lipinski definition) is 2. The number of nitrogens with two attached hydrogens (primary N) is 1. The third-order valence-electron chi connectivity index (χ3n) is 3.94. The van der Waals surface area contributed by atoms with E-state index in [1.54, 1.807) is 6.07 Å². The predicted molar refractivity (Wildman–Crippen MR) is 75.1 cm³/mol. The van der Waals surface area contributed by atoms with Crippen molar-refractivity contribution in [3.05, 3.63) is 29.6 Å². The summed E-state index contributed by atoms with van der Waals surface area (Å²) in [5, 5.41) is 3.02. The molecule has 3 N–H and O–H groups in total. The van der Waals surface area contributed by atoms with Gasteiger partial charge in [0.05, 0.1) is 19.1 Å². The van der Waals surface area contributed by atoms with Crippen LogP contribution in [-0.4, -0.2) is 25.1 Å². The summed E-state index contributed by atoms with van der Waals surface area (Å²) in [6.07, 6.45) is 4.18. The van der Waals surface area contributed by atoms with Crippen molar-refractivity contribution < 1.29 is 13.9 Å². The van der Waals surface area contributed by atoms with Gasteiger partial charge in [-0.2, -0.15) is 0 Å². The maximum absolute atomic E-state index is 13.6. The number of methoxy groups -OCH3 is 1. The van der Waals surface area contributed by atoms with Crippen molar-refractivity contribution in [3.8, 4) is 5.75 Å². The van der Waals surface area contributed by atoms with Crippen LogP contribution in [0.1, 0.15) is 31.2 Å². The van der Waals surface area contributed by atoms with Gasteiger partial charge >= 0.3 is 0 Å². The summed E-state index contributed by atoms with van der Waals surface area (Å²) in [5.74, 6) is -0.377. The van der Waals surface area contributed by atoms with E-state index in [1.807, 2.05) is 0 Å². The van der Waals surface area contributed by atoms with E-state index >= 15 is 0 Å². The second-order valence-corrected chi connectivity index (χ2v) is 5.39. The highest BCUT2D eigenvalue weighted by Gasteiger charge is 2.33. The summed E-state index contributed by atoms with van der Waals surface area (Å²) >= 11 is 0. The summed E-state index contributed by atoms with van der Waals surface area (Å²) in [4.78, 5) is 12.1. The second kappa shape index (κ2) is 6.22. The normalized spacial score (nSPS) is 16.9. The molecule has 1 fully saturated rings. The Bertz CT molecular complexity index is 485. The Labute approximate surface area is 118 Å². The first-order valence-electron chi connectivity index (χ1n) is 6.92. The van der Waals surface area contributed by atoms with Gasteiger partial charge < -0.3 is 15.8 Å². The Balaban J connectivity index is 1.99. The summed E-state index contributed by atoms with van der Waals surface area (Å²) in [5.41, 5.74) is 6.15. The molecule has 0 aromatic heterocycles. The molecule has 20 heavy (non-hydrogen) atoms. The fourth-order valence-electron chi connectivity index (χ4n) is 2.78. The zero-order valence-electron chi connectivity index (χ0n) is 11.7. The number of halogens is 1. The van der Waals surface area contributed by atoms with Crippen LogP contribution >= 0.6 is 0 Å². The van der Waals surface area contributed by atoms with E-state index < -0.39 is 5.82 Å². The second-order valence-electron chi connectivity index (χ2n) is 5.39. The van der Waals surface area contributed by atoms with E-state index in [2.05, 4.69) is 5.32 Å². The fraction of sp³-hybridized carbons (Fsp3) is 0.533. The third kappa shape index (κ3) is 3.28. The Hall–Kier alpha value is -1.62. The molecule has 0 aliphatic heterocycles. The summed E-state index contributed by atoms with van der Waals surface area (Å²) in [7, 11) is 1.41. The SMILES string of the molecule is COc1ccc(CC(=O)NC2(CN)CCCC2)cc1F. The molecule has 110 valence electrons. The van der Waals surface area contributed by atoms with Crippen molar-refractivity contribution >= 4 is 5.91 Å². The molecule has 1 aliphatic rings. The number of hydrogen-bond acceptors (Lipinski definition) is 3. The van der Waals surface area contributed by atoms with Gasteiger partial charge in [0, 0.05) is 6.54 Å². The molecule has 5 heteroatoms. The number of benzene rings is 1. The molecular formula is C15H21FN2O2. The molecule has 0 bridgehead atoms. The predicted octanol–water partition coefficient (Wildman–Crippen LogP) is 1.76. The molecule has 1 aromatic carbocycles. The van der Waals surface area contributed by atoms with Crippen LogP contribution in [0.4, 0.5) is 4.39 Å². The molecule has 0 spiro atoms. The summed E-state index contributed by atoms with van der Waals surface area (Å²) < 4.78 is 18.4. The van der Waals surface area contributed by atoms with Crippen molar-refractivity contribution in [2.45, 2.75) is 37.6 Å². The minimum atomic E-state index is -0.452. The molecule has 0 radical (unpaired) electrons. The topological polar surface area (TPSA) is 64.3 Å². The Morgan fingerprint density at radius 2 is 2.15 bits per heavy atom. The maximum atomic E-state index is 13.6. The standard InChI is InChI=1S/C15H21FN2O2/c1-20-13-5-4-11(8-12(13)16)9-14(19)18-15(10-17)6-2-3-7-15/h4-5,8H,2-3,6-7,9-10,17H2,1H3,(H,18,19). The molecule has 1 aromatic rings. The minimum absolute atomic E-state index is 0.109. The largest absolute Gasteiger partial charge is 0.494 e. The maximum Gasteiger partial charge on any atom is 0.224 e. The number of ether oxygens (including phenoxy) is 1. The average Bonchev–Trinajstić information content (AvgIpc) is 2.88. The van der Waals surface area contributed by atoms with Crippen LogP contribution < -0.4 is 15.8 Å². The van der Waals surface area contributed by atoms with Gasteiger partial charge in [0.25, 0.3) is 0 Å². The van der Waals surface area contributed by atoms with E-state index in [-0.39, 0.29) is 23.6 Å². The van der Waals surface area contributed by atoms with Crippen LogP contribution in [0, 0.1) is 5.82 Å². The van der Waals surface area contributed by atoms with Gasteiger partial charge in [-0.05, 0) is 30.5 Å². The van der Waals surface area contributed by atoms with Crippen LogP contribution in [0.2, 0.25) is 0 Å². The lowest BCUT2D eigenvalue weighted by molar-refractivity contribution is -0.122. The number of nitrogens with one attached hydrogen (secondary N) is 1.